The summed E-state index contributed by atoms with van der Waals surface area (Å²) >= 11 is 0. The number of hydrogen-bond acceptors (Lipinski definition) is 3. The molecule has 0 aliphatic heterocycles. The highest BCUT2D eigenvalue weighted by Gasteiger charge is 2.32. The zero-order valence-corrected chi connectivity index (χ0v) is 5.58. The van der Waals surface area contributed by atoms with Crippen LogP contribution < -0.4 is 5.73 Å². The second-order valence-corrected chi connectivity index (χ2v) is 2.03. The molecule has 0 bridgehead atoms. The Balaban J connectivity index is 4.21. The smallest absolute Gasteiger partial charge is 0.337 e. The number of aliphatic hydroxyl groups is 1. The summed E-state index contributed by atoms with van der Waals surface area (Å²) in [5, 5.41) is 17.5. The standard InChI is InChI=1S/C6H11NO3/c1-2-3-6(10,4-7)5(8)9/h2,10H,1,3-4,7H2,(H,8,9). The number of rotatable bonds is 4. The molecule has 0 heterocycles. The molecule has 0 aromatic heterocycles. The first kappa shape index (κ1) is 9.13. The molecule has 0 rings (SSSR count). The Labute approximate surface area is 59.0 Å². The molecule has 0 spiro atoms. The summed E-state index contributed by atoms with van der Waals surface area (Å²) in [6, 6.07) is 0. The fourth-order valence-corrected chi connectivity index (χ4v) is 0.497. The van der Waals surface area contributed by atoms with Crippen LogP contribution in [0.2, 0.25) is 0 Å². The lowest BCUT2D eigenvalue weighted by Gasteiger charge is -2.18. The molecule has 10 heavy (non-hydrogen) atoms. The van der Waals surface area contributed by atoms with Crippen LogP contribution in [0.15, 0.2) is 12.7 Å². The molecule has 0 aliphatic carbocycles. The summed E-state index contributed by atoms with van der Waals surface area (Å²) in [7, 11) is 0. The number of carbonyl (C=O) groups is 1. The van der Waals surface area contributed by atoms with Gasteiger partial charge in [-0.2, -0.15) is 0 Å². The summed E-state index contributed by atoms with van der Waals surface area (Å²) in [5.74, 6) is -1.31. The van der Waals surface area contributed by atoms with Crippen molar-refractivity contribution in [3.8, 4) is 0 Å². The van der Waals surface area contributed by atoms with Crippen LogP contribution in [0.1, 0.15) is 6.42 Å². The fraction of sp³-hybridized carbons (Fsp3) is 0.500. The minimum Gasteiger partial charge on any atom is -0.479 e. The molecular weight excluding hydrogens is 134 g/mol. The predicted octanol–water partition coefficient (Wildman–Crippen LogP) is -0.663. The third kappa shape index (κ3) is 1.82. The molecule has 0 radical (unpaired) electrons. The second-order valence-electron chi connectivity index (χ2n) is 2.03. The van der Waals surface area contributed by atoms with Crippen LogP contribution in [0.3, 0.4) is 0 Å². The summed E-state index contributed by atoms with van der Waals surface area (Å²) in [5.41, 5.74) is 3.18. The molecule has 0 saturated carbocycles. The van der Waals surface area contributed by atoms with Crippen molar-refractivity contribution < 1.29 is 15.0 Å². The van der Waals surface area contributed by atoms with Crippen molar-refractivity contribution in [2.24, 2.45) is 5.73 Å². The van der Waals surface area contributed by atoms with Gasteiger partial charge in [-0.3, -0.25) is 0 Å². The van der Waals surface area contributed by atoms with Crippen LogP contribution >= 0.6 is 0 Å². The maximum atomic E-state index is 10.3. The molecule has 4 nitrogen and oxygen atoms in total. The van der Waals surface area contributed by atoms with Gasteiger partial charge in [0.1, 0.15) is 0 Å². The summed E-state index contributed by atoms with van der Waals surface area (Å²) < 4.78 is 0. The van der Waals surface area contributed by atoms with E-state index in [4.69, 9.17) is 15.9 Å². The highest BCUT2D eigenvalue weighted by atomic mass is 16.4. The molecule has 4 heteroatoms. The van der Waals surface area contributed by atoms with Gasteiger partial charge in [0.05, 0.1) is 0 Å². The lowest BCUT2D eigenvalue weighted by atomic mass is 10.0. The summed E-state index contributed by atoms with van der Waals surface area (Å²) in [4.78, 5) is 10.3. The minimum absolute atomic E-state index is 0.0289. The molecule has 1 unspecified atom stereocenters. The quantitative estimate of drug-likeness (QED) is 0.458. The normalized spacial score (nSPS) is 15.8. The first-order valence-corrected chi connectivity index (χ1v) is 2.83. The molecule has 0 aromatic rings. The lowest BCUT2D eigenvalue weighted by molar-refractivity contribution is -0.156. The zero-order valence-electron chi connectivity index (χ0n) is 5.58. The molecule has 4 N–H and O–H groups in total. The van der Waals surface area contributed by atoms with Gasteiger partial charge >= 0.3 is 5.97 Å². The Morgan fingerprint density at radius 2 is 2.30 bits per heavy atom. The van der Waals surface area contributed by atoms with Gasteiger partial charge < -0.3 is 15.9 Å². The molecule has 0 aliphatic rings. The topological polar surface area (TPSA) is 83.5 Å². The van der Waals surface area contributed by atoms with Crippen molar-refractivity contribution in [2.45, 2.75) is 12.0 Å². The van der Waals surface area contributed by atoms with E-state index in [0.717, 1.165) is 0 Å². The number of carboxylic acids is 1. The average molecular weight is 145 g/mol. The minimum atomic E-state index is -1.83. The van der Waals surface area contributed by atoms with Crippen molar-refractivity contribution in [1.82, 2.24) is 0 Å². The summed E-state index contributed by atoms with van der Waals surface area (Å²) in [6.07, 6.45) is 1.29. The van der Waals surface area contributed by atoms with Gasteiger partial charge in [0.2, 0.25) is 0 Å². The van der Waals surface area contributed by atoms with E-state index in [1.807, 2.05) is 0 Å². The van der Waals surface area contributed by atoms with Crippen molar-refractivity contribution in [1.29, 1.82) is 0 Å². The molecule has 1 atom stereocenters. The fourth-order valence-electron chi connectivity index (χ4n) is 0.497. The van der Waals surface area contributed by atoms with Gasteiger partial charge in [-0.05, 0) is 0 Å². The van der Waals surface area contributed by atoms with Gasteiger partial charge in [-0.15, -0.1) is 6.58 Å². The molecular formula is C6H11NO3. The van der Waals surface area contributed by atoms with E-state index in [9.17, 15) is 4.79 Å². The number of nitrogens with two attached hydrogens (primary N) is 1. The maximum absolute atomic E-state index is 10.3. The van der Waals surface area contributed by atoms with Gasteiger partial charge in [0, 0.05) is 13.0 Å². The monoisotopic (exact) mass is 145 g/mol. The molecule has 0 amide bonds. The third-order valence-corrected chi connectivity index (χ3v) is 1.22. The first-order valence-electron chi connectivity index (χ1n) is 2.83. The molecule has 58 valence electrons. The van der Waals surface area contributed by atoms with E-state index in [2.05, 4.69) is 6.58 Å². The van der Waals surface area contributed by atoms with E-state index in [0.29, 0.717) is 0 Å². The van der Waals surface area contributed by atoms with Crippen LogP contribution in [0.4, 0.5) is 0 Å². The van der Waals surface area contributed by atoms with Crippen LogP contribution in [0.25, 0.3) is 0 Å². The van der Waals surface area contributed by atoms with E-state index in [1.165, 1.54) is 6.08 Å². The van der Waals surface area contributed by atoms with E-state index < -0.39 is 11.6 Å². The van der Waals surface area contributed by atoms with Crippen LogP contribution in [0, 0.1) is 0 Å². The third-order valence-electron chi connectivity index (χ3n) is 1.22. The first-order chi connectivity index (χ1) is 4.56. The van der Waals surface area contributed by atoms with Gasteiger partial charge in [0.25, 0.3) is 0 Å². The van der Waals surface area contributed by atoms with E-state index >= 15 is 0 Å². The van der Waals surface area contributed by atoms with Crippen LogP contribution in [-0.2, 0) is 4.79 Å². The summed E-state index contributed by atoms with van der Waals surface area (Å²) in [6.45, 7) is 3.00. The molecule has 0 aromatic carbocycles. The highest BCUT2D eigenvalue weighted by molar-refractivity contribution is 5.77. The average Bonchev–Trinajstić information content (AvgIpc) is 1.88. The largest absolute Gasteiger partial charge is 0.479 e. The second kappa shape index (κ2) is 3.34. The highest BCUT2D eigenvalue weighted by Crippen LogP contribution is 2.08. The number of carboxylic acid groups (broad SMARTS) is 1. The number of hydrogen-bond donors (Lipinski definition) is 3. The Kier molecular flexibility index (Phi) is 3.05. The van der Waals surface area contributed by atoms with E-state index in [1.54, 1.807) is 0 Å². The molecule has 0 fully saturated rings. The Hall–Kier alpha value is -0.870. The molecule has 0 saturated heterocycles. The Morgan fingerprint density at radius 3 is 2.40 bits per heavy atom. The number of aliphatic carboxylic acids is 1. The Morgan fingerprint density at radius 1 is 1.80 bits per heavy atom. The van der Waals surface area contributed by atoms with Crippen LogP contribution in [-0.4, -0.2) is 28.3 Å². The van der Waals surface area contributed by atoms with Crippen molar-refractivity contribution in [3.05, 3.63) is 12.7 Å². The SMILES string of the molecule is C=CCC(O)(CN)C(=O)O. The van der Waals surface area contributed by atoms with E-state index in [-0.39, 0.29) is 13.0 Å². The lowest BCUT2D eigenvalue weighted by Crippen LogP contribution is -2.45. The Bertz CT molecular complexity index is 146. The van der Waals surface area contributed by atoms with Crippen LogP contribution in [0.5, 0.6) is 0 Å². The van der Waals surface area contributed by atoms with Crippen molar-refractivity contribution in [2.75, 3.05) is 6.54 Å². The maximum Gasteiger partial charge on any atom is 0.337 e. The van der Waals surface area contributed by atoms with Crippen molar-refractivity contribution >= 4 is 5.97 Å². The van der Waals surface area contributed by atoms with Gasteiger partial charge in [0.15, 0.2) is 5.60 Å². The van der Waals surface area contributed by atoms with Crippen molar-refractivity contribution in [3.63, 3.8) is 0 Å². The van der Waals surface area contributed by atoms with Gasteiger partial charge in [-0.25, -0.2) is 4.79 Å². The van der Waals surface area contributed by atoms with Gasteiger partial charge in [-0.1, -0.05) is 6.08 Å². The predicted molar refractivity (Wildman–Crippen MR) is 36.5 cm³/mol. The zero-order chi connectivity index (χ0) is 8.20.